The minimum absolute atomic E-state index is 0.468. The van der Waals surface area contributed by atoms with E-state index in [-0.39, 0.29) is 0 Å². The molecule has 1 aliphatic rings. The van der Waals surface area contributed by atoms with Gasteiger partial charge in [-0.3, -0.25) is 0 Å². The van der Waals surface area contributed by atoms with E-state index in [4.69, 9.17) is 0 Å². The summed E-state index contributed by atoms with van der Waals surface area (Å²) < 4.78 is 0. The first-order valence-corrected chi connectivity index (χ1v) is 9.05. The summed E-state index contributed by atoms with van der Waals surface area (Å²) >= 11 is 0. The fourth-order valence-electron chi connectivity index (χ4n) is 3.51. The van der Waals surface area contributed by atoms with Gasteiger partial charge in [0.25, 0.3) is 0 Å². The maximum Gasteiger partial charge on any atom is 0.0294 e. The molecule has 2 rings (SSSR count). The Labute approximate surface area is 131 Å². The number of benzene rings is 1. The SMILES string of the molecule is CCCCc1ccc(C(C)NC2CCCCCC2C)cc1. The van der Waals surface area contributed by atoms with Crippen LogP contribution < -0.4 is 5.32 Å². The van der Waals surface area contributed by atoms with Gasteiger partial charge in [-0.15, -0.1) is 0 Å². The van der Waals surface area contributed by atoms with E-state index in [1.54, 1.807) is 0 Å². The molecule has 3 unspecified atom stereocenters. The zero-order chi connectivity index (χ0) is 15.1. The summed E-state index contributed by atoms with van der Waals surface area (Å²) in [6.45, 7) is 7.00. The van der Waals surface area contributed by atoms with Crippen molar-refractivity contribution in [1.82, 2.24) is 5.32 Å². The number of aryl methyl sites for hydroxylation is 1. The molecule has 1 fully saturated rings. The Balaban J connectivity index is 1.91. The summed E-state index contributed by atoms with van der Waals surface area (Å²) in [4.78, 5) is 0. The van der Waals surface area contributed by atoms with Crippen molar-refractivity contribution in [2.75, 3.05) is 0 Å². The van der Waals surface area contributed by atoms with E-state index >= 15 is 0 Å². The molecule has 0 saturated heterocycles. The summed E-state index contributed by atoms with van der Waals surface area (Å²) in [6, 6.07) is 10.5. The van der Waals surface area contributed by atoms with E-state index in [0.29, 0.717) is 12.1 Å². The van der Waals surface area contributed by atoms with Gasteiger partial charge in [0.05, 0.1) is 0 Å². The predicted octanol–water partition coefficient (Wildman–Crippen LogP) is 5.65. The van der Waals surface area contributed by atoms with Crippen molar-refractivity contribution in [2.24, 2.45) is 5.92 Å². The first-order valence-electron chi connectivity index (χ1n) is 9.05. The molecule has 0 radical (unpaired) electrons. The molecule has 1 saturated carbocycles. The molecule has 1 N–H and O–H groups in total. The maximum absolute atomic E-state index is 3.89. The summed E-state index contributed by atoms with van der Waals surface area (Å²) in [5.74, 6) is 0.818. The van der Waals surface area contributed by atoms with Crippen LogP contribution in [-0.2, 0) is 6.42 Å². The lowest BCUT2D eigenvalue weighted by molar-refractivity contribution is 0.330. The Bertz CT molecular complexity index is 395. The summed E-state index contributed by atoms with van der Waals surface area (Å²) in [6.07, 6.45) is 10.8. The van der Waals surface area contributed by atoms with Crippen molar-refractivity contribution in [1.29, 1.82) is 0 Å². The monoisotopic (exact) mass is 287 g/mol. The van der Waals surface area contributed by atoms with E-state index in [2.05, 4.69) is 50.4 Å². The van der Waals surface area contributed by atoms with Crippen molar-refractivity contribution >= 4 is 0 Å². The first-order chi connectivity index (χ1) is 10.2. The highest BCUT2D eigenvalue weighted by Gasteiger charge is 2.21. The molecule has 0 heterocycles. The van der Waals surface area contributed by atoms with Crippen molar-refractivity contribution in [3.05, 3.63) is 35.4 Å². The highest BCUT2D eigenvalue weighted by Crippen LogP contribution is 2.25. The highest BCUT2D eigenvalue weighted by atomic mass is 14.9. The van der Waals surface area contributed by atoms with Gasteiger partial charge in [-0.2, -0.15) is 0 Å². The molecule has 1 aromatic rings. The molecule has 0 bridgehead atoms. The molecule has 1 aliphatic carbocycles. The predicted molar refractivity (Wildman–Crippen MR) is 92.6 cm³/mol. The van der Waals surface area contributed by atoms with E-state index in [1.165, 1.54) is 62.5 Å². The van der Waals surface area contributed by atoms with E-state index in [9.17, 15) is 0 Å². The number of nitrogens with one attached hydrogen (secondary N) is 1. The van der Waals surface area contributed by atoms with E-state index in [1.807, 2.05) is 0 Å². The summed E-state index contributed by atoms with van der Waals surface area (Å²) in [7, 11) is 0. The van der Waals surface area contributed by atoms with Crippen LogP contribution in [0.3, 0.4) is 0 Å². The second-order valence-corrected chi connectivity index (χ2v) is 6.96. The third-order valence-electron chi connectivity index (χ3n) is 5.12. The number of hydrogen-bond acceptors (Lipinski definition) is 1. The van der Waals surface area contributed by atoms with Crippen LogP contribution in [0.1, 0.15) is 82.9 Å². The molecule has 1 aromatic carbocycles. The van der Waals surface area contributed by atoms with Gasteiger partial charge >= 0.3 is 0 Å². The van der Waals surface area contributed by atoms with Crippen LogP contribution in [0.4, 0.5) is 0 Å². The molecule has 118 valence electrons. The molecule has 1 heteroatoms. The van der Waals surface area contributed by atoms with Gasteiger partial charge in [-0.1, -0.05) is 63.8 Å². The molecule has 3 atom stereocenters. The smallest absolute Gasteiger partial charge is 0.0294 e. The maximum atomic E-state index is 3.89. The number of unbranched alkanes of at least 4 members (excludes halogenated alkanes) is 1. The van der Waals surface area contributed by atoms with Crippen LogP contribution in [0.25, 0.3) is 0 Å². The van der Waals surface area contributed by atoms with Gasteiger partial charge in [-0.25, -0.2) is 0 Å². The molecule has 0 aliphatic heterocycles. The second kappa shape index (κ2) is 8.58. The topological polar surface area (TPSA) is 12.0 Å². The lowest BCUT2D eigenvalue weighted by Crippen LogP contribution is -2.36. The Morgan fingerprint density at radius 3 is 2.52 bits per heavy atom. The molecule has 0 aromatic heterocycles. The third kappa shape index (κ3) is 5.14. The minimum atomic E-state index is 0.468. The molecular formula is C20H33N. The van der Waals surface area contributed by atoms with Gasteiger partial charge in [0, 0.05) is 12.1 Å². The molecular weight excluding hydrogens is 254 g/mol. The quantitative estimate of drug-likeness (QED) is 0.667. The van der Waals surface area contributed by atoms with Gasteiger partial charge < -0.3 is 5.32 Å². The van der Waals surface area contributed by atoms with Crippen LogP contribution in [0.5, 0.6) is 0 Å². The van der Waals surface area contributed by atoms with Crippen molar-refractivity contribution in [3.63, 3.8) is 0 Å². The van der Waals surface area contributed by atoms with Crippen LogP contribution in [0, 0.1) is 5.92 Å². The van der Waals surface area contributed by atoms with Crippen LogP contribution in [-0.4, -0.2) is 6.04 Å². The average Bonchev–Trinajstić information content (AvgIpc) is 2.70. The van der Waals surface area contributed by atoms with Crippen LogP contribution >= 0.6 is 0 Å². The fourth-order valence-corrected chi connectivity index (χ4v) is 3.51. The minimum Gasteiger partial charge on any atom is -0.307 e. The van der Waals surface area contributed by atoms with Crippen LogP contribution in [0.2, 0.25) is 0 Å². The Kier molecular flexibility index (Phi) is 6.76. The van der Waals surface area contributed by atoms with Crippen molar-refractivity contribution < 1.29 is 0 Å². The van der Waals surface area contributed by atoms with Crippen molar-refractivity contribution in [2.45, 2.75) is 84.2 Å². The molecule has 0 spiro atoms. The molecule has 1 nitrogen and oxygen atoms in total. The van der Waals surface area contributed by atoms with E-state index in [0.717, 1.165) is 5.92 Å². The summed E-state index contributed by atoms with van der Waals surface area (Å²) in [5, 5.41) is 3.89. The van der Waals surface area contributed by atoms with Gasteiger partial charge in [0.15, 0.2) is 0 Å². The number of hydrogen-bond donors (Lipinski definition) is 1. The normalized spacial score (nSPS) is 24.5. The lowest BCUT2D eigenvalue weighted by atomic mass is 9.95. The standard InChI is InChI=1S/C20H33N/c1-4-5-10-18-12-14-19(15-13-18)17(3)21-20-11-8-6-7-9-16(20)2/h12-17,20-21H,4-11H2,1-3H3. The third-order valence-corrected chi connectivity index (χ3v) is 5.12. The Morgan fingerprint density at radius 2 is 1.81 bits per heavy atom. The molecule has 21 heavy (non-hydrogen) atoms. The average molecular weight is 287 g/mol. The second-order valence-electron chi connectivity index (χ2n) is 6.96. The molecule has 0 amide bonds. The zero-order valence-electron chi connectivity index (χ0n) is 14.2. The Hall–Kier alpha value is -0.820. The largest absolute Gasteiger partial charge is 0.307 e. The Morgan fingerprint density at radius 1 is 1.10 bits per heavy atom. The van der Waals surface area contributed by atoms with Gasteiger partial charge in [-0.05, 0) is 49.7 Å². The lowest BCUT2D eigenvalue weighted by Gasteiger charge is -2.27. The van der Waals surface area contributed by atoms with Crippen LogP contribution in [0.15, 0.2) is 24.3 Å². The fraction of sp³-hybridized carbons (Fsp3) is 0.700. The van der Waals surface area contributed by atoms with E-state index < -0.39 is 0 Å². The zero-order valence-corrected chi connectivity index (χ0v) is 14.2. The highest BCUT2D eigenvalue weighted by molar-refractivity contribution is 5.25. The number of rotatable bonds is 6. The summed E-state index contributed by atoms with van der Waals surface area (Å²) in [5.41, 5.74) is 2.92. The van der Waals surface area contributed by atoms with Crippen molar-refractivity contribution in [3.8, 4) is 0 Å². The van der Waals surface area contributed by atoms with Gasteiger partial charge in [0.2, 0.25) is 0 Å². The van der Waals surface area contributed by atoms with Gasteiger partial charge in [0.1, 0.15) is 0 Å². The first kappa shape index (κ1) is 16.5.